The smallest absolute Gasteiger partial charge is 0.156 e. The summed E-state index contributed by atoms with van der Waals surface area (Å²) in [6.07, 6.45) is 0. The fourth-order valence-electron chi connectivity index (χ4n) is 2.21. The highest BCUT2D eigenvalue weighted by Gasteiger charge is 2.10. The van der Waals surface area contributed by atoms with E-state index < -0.39 is 0 Å². The Hall–Kier alpha value is -2.33. The Kier molecular flexibility index (Phi) is 3.88. The van der Waals surface area contributed by atoms with Crippen molar-refractivity contribution in [3.63, 3.8) is 0 Å². The van der Waals surface area contributed by atoms with E-state index >= 15 is 0 Å². The van der Waals surface area contributed by atoms with Gasteiger partial charge in [-0.3, -0.25) is 4.57 Å². The van der Waals surface area contributed by atoms with Gasteiger partial charge in [0, 0.05) is 16.4 Å². The summed E-state index contributed by atoms with van der Waals surface area (Å²) in [4.78, 5) is 0. The molecule has 0 amide bonds. The maximum Gasteiger partial charge on any atom is 0.156 e. The zero-order valence-corrected chi connectivity index (χ0v) is 12.4. The molecule has 0 saturated carbocycles. The molecule has 21 heavy (non-hydrogen) atoms. The van der Waals surface area contributed by atoms with E-state index in [9.17, 15) is 0 Å². The largest absolute Gasteiger partial charge is 0.378 e. The van der Waals surface area contributed by atoms with Crippen LogP contribution in [0, 0.1) is 6.92 Å². The monoisotopic (exact) mass is 298 g/mol. The van der Waals surface area contributed by atoms with Gasteiger partial charge in [0.05, 0.1) is 6.54 Å². The fourth-order valence-corrected chi connectivity index (χ4v) is 2.40. The molecule has 0 aliphatic rings. The minimum Gasteiger partial charge on any atom is -0.378 e. The lowest BCUT2D eigenvalue weighted by molar-refractivity contribution is 0.878. The Morgan fingerprint density at radius 1 is 1.05 bits per heavy atom. The number of rotatable bonds is 4. The van der Waals surface area contributed by atoms with Gasteiger partial charge in [0.25, 0.3) is 0 Å². The Morgan fingerprint density at radius 2 is 1.86 bits per heavy atom. The maximum atomic E-state index is 5.98. The molecule has 0 bridgehead atoms. The molecule has 0 fully saturated rings. The molecule has 0 radical (unpaired) electrons. The third kappa shape index (κ3) is 3.06. The summed E-state index contributed by atoms with van der Waals surface area (Å²) < 4.78 is 2.04. The summed E-state index contributed by atoms with van der Waals surface area (Å²) in [5.74, 6) is 1.72. The van der Waals surface area contributed by atoms with Gasteiger partial charge in [-0.1, -0.05) is 35.9 Å². The van der Waals surface area contributed by atoms with Crippen LogP contribution in [0.1, 0.15) is 11.6 Å². The number of nitrogens with zero attached hydrogens (tertiary/aromatic N) is 3. The Labute approximate surface area is 128 Å². The van der Waals surface area contributed by atoms with Crippen molar-refractivity contribution in [3.8, 4) is 5.69 Å². The molecule has 0 atom stereocenters. The molecule has 1 heterocycles. The van der Waals surface area contributed by atoms with E-state index in [1.165, 1.54) is 0 Å². The van der Waals surface area contributed by atoms with E-state index in [1.807, 2.05) is 66.1 Å². The van der Waals surface area contributed by atoms with E-state index in [4.69, 9.17) is 11.6 Å². The Balaban J connectivity index is 1.84. The topological polar surface area (TPSA) is 42.7 Å². The SMILES string of the molecule is Cc1nnc(CNc2cccc(Cl)c2)n1-c1ccccc1. The summed E-state index contributed by atoms with van der Waals surface area (Å²) in [5, 5.41) is 12.4. The van der Waals surface area contributed by atoms with Gasteiger partial charge in [-0.25, -0.2) is 0 Å². The van der Waals surface area contributed by atoms with Crippen LogP contribution in [0.2, 0.25) is 5.02 Å². The lowest BCUT2D eigenvalue weighted by Gasteiger charge is -2.10. The minimum absolute atomic E-state index is 0.579. The van der Waals surface area contributed by atoms with Crippen LogP contribution in [-0.2, 0) is 6.54 Å². The van der Waals surface area contributed by atoms with Crippen LogP contribution in [0.25, 0.3) is 5.69 Å². The van der Waals surface area contributed by atoms with Crippen molar-refractivity contribution in [2.24, 2.45) is 0 Å². The predicted molar refractivity (Wildman–Crippen MR) is 84.9 cm³/mol. The van der Waals surface area contributed by atoms with Crippen LogP contribution in [0.5, 0.6) is 0 Å². The van der Waals surface area contributed by atoms with Gasteiger partial charge < -0.3 is 5.32 Å². The Bertz CT molecular complexity index is 737. The van der Waals surface area contributed by atoms with Crippen molar-refractivity contribution >= 4 is 17.3 Å². The summed E-state index contributed by atoms with van der Waals surface area (Å²) >= 11 is 5.98. The summed E-state index contributed by atoms with van der Waals surface area (Å²) in [7, 11) is 0. The highest BCUT2D eigenvalue weighted by molar-refractivity contribution is 6.30. The number of benzene rings is 2. The van der Waals surface area contributed by atoms with Crippen molar-refractivity contribution in [1.29, 1.82) is 0 Å². The van der Waals surface area contributed by atoms with Gasteiger partial charge in [-0.05, 0) is 37.3 Å². The normalized spacial score (nSPS) is 10.6. The zero-order valence-electron chi connectivity index (χ0n) is 11.6. The average molecular weight is 299 g/mol. The molecule has 0 saturated heterocycles. The van der Waals surface area contributed by atoms with E-state index in [1.54, 1.807) is 0 Å². The van der Waals surface area contributed by atoms with Crippen molar-refractivity contribution in [2.75, 3.05) is 5.32 Å². The van der Waals surface area contributed by atoms with Crippen LogP contribution >= 0.6 is 11.6 Å². The number of nitrogens with one attached hydrogen (secondary N) is 1. The zero-order chi connectivity index (χ0) is 14.7. The summed E-state index contributed by atoms with van der Waals surface area (Å²) in [5.41, 5.74) is 2.02. The van der Waals surface area contributed by atoms with Gasteiger partial charge in [0.2, 0.25) is 0 Å². The molecule has 5 heteroatoms. The summed E-state index contributed by atoms with van der Waals surface area (Å²) in [6.45, 7) is 2.53. The first kappa shape index (κ1) is 13.6. The molecule has 1 N–H and O–H groups in total. The van der Waals surface area contributed by atoms with Crippen LogP contribution in [0.3, 0.4) is 0 Å². The third-order valence-electron chi connectivity index (χ3n) is 3.18. The first-order chi connectivity index (χ1) is 10.2. The number of hydrogen-bond donors (Lipinski definition) is 1. The number of aryl methyl sites for hydroxylation is 1. The van der Waals surface area contributed by atoms with Crippen molar-refractivity contribution in [1.82, 2.24) is 14.8 Å². The maximum absolute atomic E-state index is 5.98. The molecular weight excluding hydrogens is 284 g/mol. The molecule has 2 aromatic carbocycles. The molecule has 1 aromatic heterocycles. The van der Waals surface area contributed by atoms with Crippen molar-refractivity contribution < 1.29 is 0 Å². The second-order valence-corrected chi connectivity index (χ2v) is 5.13. The average Bonchev–Trinajstić information content (AvgIpc) is 2.87. The Morgan fingerprint density at radius 3 is 2.62 bits per heavy atom. The number of anilines is 1. The second-order valence-electron chi connectivity index (χ2n) is 4.70. The van der Waals surface area contributed by atoms with E-state index in [-0.39, 0.29) is 0 Å². The lowest BCUT2D eigenvalue weighted by atomic mass is 10.3. The van der Waals surface area contributed by atoms with Crippen LogP contribution in [0.4, 0.5) is 5.69 Å². The molecule has 0 aliphatic heterocycles. The molecule has 106 valence electrons. The predicted octanol–water partition coefficient (Wildman–Crippen LogP) is 3.84. The standard InChI is InChI=1S/C16H15ClN4/c1-12-19-20-16(21(12)15-8-3-2-4-9-15)11-18-14-7-5-6-13(17)10-14/h2-10,18H,11H2,1H3. The highest BCUT2D eigenvalue weighted by atomic mass is 35.5. The number of aromatic nitrogens is 3. The molecular formula is C16H15ClN4. The first-order valence-electron chi connectivity index (χ1n) is 6.70. The molecule has 0 unspecified atom stereocenters. The van der Waals surface area contributed by atoms with Gasteiger partial charge in [-0.2, -0.15) is 0 Å². The van der Waals surface area contributed by atoms with E-state index in [2.05, 4.69) is 15.5 Å². The highest BCUT2D eigenvalue weighted by Crippen LogP contribution is 2.17. The first-order valence-corrected chi connectivity index (χ1v) is 7.07. The molecule has 3 aromatic rings. The van der Waals surface area contributed by atoms with E-state index in [0.717, 1.165) is 23.0 Å². The summed E-state index contributed by atoms with van der Waals surface area (Å²) in [6, 6.07) is 17.7. The van der Waals surface area contributed by atoms with Gasteiger partial charge in [0.15, 0.2) is 5.82 Å². The molecule has 0 spiro atoms. The fraction of sp³-hybridized carbons (Fsp3) is 0.125. The quantitative estimate of drug-likeness (QED) is 0.796. The molecule has 4 nitrogen and oxygen atoms in total. The van der Waals surface area contributed by atoms with Crippen LogP contribution in [0.15, 0.2) is 54.6 Å². The number of hydrogen-bond acceptors (Lipinski definition) is 3. The van der Waals surface area contributed by atoms with Crippen molar-refractivity contribution in [3.05, 3.63) is 71.3 Å². The lowest BCUT2D eigenvalue weighted by Crippen LogP contribution is -2.08. The number of halogens is 1. The van der Waals surface area contributed by atoms with Crippen molar-refractivity contribution in [2.45, 2.75) is 13.5 Å². The number of para-hydroxylation sites is 1. The van der Waals surface area contributed by atoms with Gasteiger partial charge in [0.1, 0.15) is 5.82 Å². The molecule has 0 aliphatic carbocycles. The second kappa shape index (κ2) is 5.97. The van der Waals surface area contributed by atoms with Gasteiger partial charge in [-0.15, -0.1) is 10.2 Å². The minimum atomic E-state index is 0.579. The third-order valence-corrected chi connectivity index (χ3v) is 3.42. The molecule has 3 rings (SSSR count). The van der Waals surface area contributed by atoms with E-state index in [0.29, 0.717) is 11.6 Å². The van der Waals surface area contributed by atoms with Crippen LogP contribution < -0.4 is 5.32 Å². The van der Waals surface area contributed by atoms with Gasteiger partial charge >= 0.3 is 0 Å². The van der Waals surface area contributed by atoms with Crippen LogP contribution in [-0.4, -0.2) is 14.8 Å².